The van der Waals surface area contributed by atoms with Crippen molar-refractivity contribution in [2.24, 2.45) is 0 Å². The third-order valence-corrected chi connectivity index (χ3v) is 7.67. The van der Waals surface area contributed by atoms with Gasteiger partial charge in [-0.2, -0.15) is 0 Å². The molecular formula is C42H35N. The molecule has 1 heteroatoms. The minimum Gasteiger partial charge on any atom is -0.311 e. The first kappa shape index (κ1) is 27.8. The highest BCUT2D eigenvalue weighted by Gasteiger charge is 2.13. The third-order valence-electron chi connectivity index (χ3n) is 7.67. The van der Waals surface area contributed by atoms with Crippen molar-refractivity contribution in [1.82, 2.24) is 0 Å². The van der Waals surface area contributed by atoms with Gasteiger partial charge in [0.2, 0.25) is 0 Å². The largest absolute Gasteiger partial charge is 0.311 e. The molecule has 0 radical (unpaired) electrons. The molecule has 0 aromatic heterocycles. The first-order valence-corrected chi connectivity index (χ1v) is 15.0. The Labute approximate surface area is 255 Å². The maximum Gasteiger partial charge on any atom is 0.0462 e. The van der Waals surface area contributed by atoms with E-state index in [1.807, 2.05) is 13.8 Å². The molecule has 7 aromatic rings. The number of hydrogen-bond donors (Lipinski definition) is 0. The fourth-order valence-corrected chi connectivity index (χ4v) is 5.60. The summed E-state index contributed by atoms with van der Waals surface area (Å²) in [4.78, 5) is 2.32. The minimum atomic E-state index is 1.12. The SMILES string of the molecule is CC.c1ccc(-c2cccc(-c3ccc(N(c4ccccc4)c4ccc(-c5cccc6ccccc56)cc4)cc3)c2)cc1. The highest BCUT2D eigenvalue weighted by atomic mass is 15.1. The lowest BCUT2D eigenvalue weighted by Gasteiger charge is -2.26. The normalized spacial score (nSPS) is 10.6. The van der Waals surface area contributed by atoms with Crippen molar-refractivity contribution in [3.63, 3.8) is 0 Å². The van der Waals surface area contributed by atoms with Crippen LogP contribution in [-0.4, -0.2) is 0 Å². The number of nitrogens with zero attached hydrogens (tertiary/aromatic N) is 1. The van der Waals surface area contributed by atoms with E-state index >= 15 is 0 Å². The topological polar surface area (TPSA) is 3.24 Å². The van der Waals surface area contributed by atoms with Gasteiger partial charge in [-0.25, -0.2) is 0 Å². The van der Waals surface area contributed by atoms with Crippen LogP contribution in [0.1, 0.15) is 13.8 Å². The summed E-state index contributed by atoms with van der Waals surface area (Å²) in [5.74, 6) is 0. The van der Waals surface area contributed by atoms with E-state index in [9.17, 15) is 0 Å². The van der Waals surface area contributed by atoms with Crippen LogP contribution >= 0.6 is 0 Å². The molecule has 208 valence electrons. The summed E-state index contributed by atoms with van der Waals surface area (Å²) in [5.41, 5.74) is 10.7. The van der Waals surface area contributed by atoms with Crippen LogP contribution in [-0.2, 0) is 0 Å². The Bertz CT molecular complexity index is 1900. The molecule has 7 rings (SSSR count). The molecule has 0 saturated heterocycles. The average molecular weight is 554 g/mol. The smallest absolute Gasteiger partial charge is 0.0462 e. The zero-order valence-corrected chi connectivity index (χ0v) is 24.7. The van der Waals surface area contributed by atoms with Crippen molar-refractivity contribution in [2.45, 2.75) is 13.8 Å². The second kappa shape index (κ2) is 13.1. The maximum atomic E-state index is 2.32. The van der Waals surface area contributed by atoms with Gasteiger partial charge in [-0.15, -0.1) is 0 Å². The maximum absolute atomic E-state index is 2.32. The molecule has 0 bridgehead atoms. The van der Waals surface area contributed by atoms with Gasteiger partial charge in [0.1, 0.15) is 0 Å². The second-order valence-electron chi connectivity index (χ2n) is 10.2. The van der Waals surface area contributed by atoms with E-state index in [1.165, 1.54) is 44.2 Å². The number of para-hydroxylation sites is 1. The second-order valence-corrected chi connectivity index (χ2v) is 10.2. The van der Waals surface area contributed by atoms with Crippen LogP contribution in [0.2, 0.25) is 0 Å². The molecule has 0 heterocycles. The van der Waals surface area contributed by atoms with Gasteiger partial charge in [-0.1, -0.05) is 147 Å². The zero-order chi connectivity index (χ0) is 29.4. The van der Waals surface area contributed by atoms with Crippen LogP contribution < -0.4 is 4.90 Å². The van der Waals surface area contributed by atoms with Crippen LogP contribution in [0.5, 0.6) is 0 Å². The summed E-state index contributed by atoms with van der Waals surface area (Å²) in [6, 6.07) is 62.8. The fraction of sp³-hybridized carbons (Fsp3) is 0.0476. The van der Waals surface area contributed by atoms with Crippen LogP contribution in [0, 0.1) is 0 Å². The van der Waals surface area contributed by atoms with Gasteiger partial charge in [-0.3, -0.25) is 0 Å². The fourth-order valence-electron chi connectivity index (χ4n) is 5.60. The molecule has 43 heavy (non-hydrogen) atoms. The molecule has 0 amide bonds. The van der Waals surface area contributed by atoms with E-state index in [2.05, 4.69) is 181 Å². The van der Waals surface area contributed by atoms with E-state index in [1.54, 1.807) is 0 Å². The Hall–Kier alpha value is -5.40. The molecule has 0 unspecified atom stereocenters. The Balaban J connectivity index is 0.00000161. The molecule has 7 aromatic carbocycles. The minimum absolute atomic E-state index is 1.12. The van der Waals surface area contributed by atoms with Crippen LogP contribution in [0.25, 0.3) is 44.2 Å². The molecule has 0 atom stereocenters. The van der Waals surface area contributed by atoms with E-state index in [0.717, 1.165) is 17.1 Å². The van der Waals surface area contributed by atoms with Crippen molar-refractivity contribution in [3.8, 4) is 33.4 Å². The molecule has 1 nitrogen and oxygen atoms in total. The Kier molecular flexibility index (Phi) is 8.43. The first-order valence-electron chi connectivity index (χ1n) is 15.0. The quantitative estimate of drug-likeness (QED) is 0.198. The van der Waals surface area contributed by atoms with E-state index in [4.69, 9.17) is 0 Å². The van der Waals surface area contributed by atoms with Gasteiger partial charge in [0.25, 0.3) is 0 Å². The summed E-state index contributed by atoms with van der Waals surface area (Å²) in [7, 11) is 0. The number of rotatable bonds is 6. The lowest BCUT2D eigenvalue weighted by Crippen LogP contribution is -2.09. The van der Waals surface area contributed by atoms with Crippen molar-refractivity contribution in [3.05, 3.63) is 176 Å². The molecule has 0 saturated carbocycles. The van der Waals surface area contributed by atoms with Crippen LogP contribution in [0.4, 0.5) is 17.1 Å². The molecule has 0 aliphatic carbocycles. The summed E-state index contributed by atoms with van der Waals surface area (Å²) in [5, 5.41) is 2.53. The van der Waals surface area contributed by atoms with Gasteiger partial charge in [0.15, 0.2) is 0 Å². The average Bonchev–Trinajstić information content (AvgIpc) is 3.11. The van der Waals surface area contributed by atoms with Gasteiger partial charge >= 0.3 is 0 Å². The first-order chi connectivity index (χ1) is 21.3. The standard InChI is InChI=1S/C40H29N.C2H6/c1-3-11-30(12-4-1)34-15-9-16-35(29-34)31-21-25-37(26-22-31)41(36-17-5-2-6-18-36)38-27-23-33(24-28-38)40-20-10-14-32-13-7-8-19-39(32)40;1-2/h1-29H;1-2H3. The Morgan fingerprint density at radius 3 is 1.42 bits per heavy atom. The Morgan fingerprint density at radius 2 is 0.767 bits per heavy atom. The van der Waals surface area contributed by atoms with Crippen molar-refractivity contribution < 1.29 is 0 Å². The van der Waals surface area contributed by atoms with E-state index < -0.39 is 0 Å². The van der Waals surface area contributed by atoms with Gasteiger partial charge in [0.05, 0.1) is 0 Å². The predicted molar refractivity (Wildman–Crippen MR) is 186 cm³/mol. The predicted octanol–water partition coefficient (Wildman–Crippen LogP) is 12.3. The van der Waals surface area contributed by atoms with Gasteiger partial charge in [0, 0.05) is 17.1 Å². The molecule has 0 aliphatic heterocycles. The summed E-state index contributed by atoms with van der Waals surface area (Å²) >= 11 is 0. The lowest BCUT2D eigenvalue weighted by molar-refractivity contribution is 1.28. The molecule has 0 N–H and O–H groups in total. The highest BCUT2D eigenvalue weighted by Crippen LogP contribution is 2.37. The van der Waals surface area contributed by atoms with E-state index in [-0.39, 0.29) is 0 Å². The Morgan fingerprint density at radius 1 is 0.326 bits per heavy atom. The third kappa shape index (κ3) is 5.98. The summed E-state index contributed by atoms with van der Waals surface area (Å²) in [6.07, 6.45) is 0. The van der Waals surface area contributed by atoms with Crippen molar-refractivity contribution in [1.29, 1.82) is 0 Å². The number of fused-ring (bicyclic) bond motifs is 1. The van der Waals surface area contributed by atoms with Gasteiger partial charge < -0.3 is 4.90 Å². The molecule has 0 aliphatic rings. The highest BCUT2D eigenvalue weighted by molar-refractivity contribution is 5.97. The number of hydrogen-bond acceptors (Lipinski definition) is 1. The van der Waals surface area contributed by atoms with Gasteiger partial charge in [-0.05, 0) is 86.6 Å². The van der Waals surface area contributed by atoms with Crippen LogP contribution in [0.3, 0.4) is 0 Å². The molecular weight excluding hydrogens is 518 g/mol. The summed E-state index contributed by atoms with van der Waals surface area (Å²) < 4.78 is 0. The number of anilines is 3. The lowest BCUT2D eigenvalue weighted by atomic mass is 9.98. The van der Waals surface area contributed by atoms with Crippen molar-refractivity contribution in [2.75, 3.05) is 4.90 Å². The van der Waals surface area contributed by atoms with E-state index in [0.29, 0.717) is 0 Å². The molecule has 0 spiro atoms. The summed E-state index contributed by atoms with van der Waals surface area (Å²) in [6.45, 7) is 4.00. The zero-order valence-electron chi connectivity index (χ0n) is 24.7. The van der Waals surface area contributed by atoms with Crippen LogP contribution in [0.15, 0.2) is 176 Å². The number of benzene rings is 7. The monoisotopic (exact) mass is 553 g/mol. The van der Waals surface area contributed by atoms with Crippen molar-refractivity contribution >= 4 is 27.8 Å². The molecule has 0 fully saturated rings.